The molecule has 7 nitrogen and oxygen atoms in total. The molecule has 11 heteroatoms. The third kappa shape index (κ3) is 3.73. The normalized spacial score (nSPS) is 16.0. The van der Waals surface area contributed by atoms with Crippen LogP contribution in [0.5, 0.6) is 0 Å². The first-order valence-corrected chi connectivity index (χ1v) is 8.72. The SMILES string of the molecule is O=C1CC(C(=O)Nc2ccccc2C(F)(F)F)n2nc(-c3ccc(F)cc3)nc2N1. The molecule has 3 aromatic rings. The fraction of sp³-hybridized carbons (Fsp3) is 0.158. The van der Waals surface area contributed by atoms with Crippen LogP contribution in [-0.4, -0.2) is 26.6 Å². The highest BCUT2D eigenvalue weighted by Gasteiger charge is 2.36. The van der Waals surface area contributed by atoms with Gasteiger partial charge in [-0.1, -0.05) is 12.1 Å². The van der Waals surface area contributed by atoms with Crippen LogP contribution in [0.25, 0.3) is 11.4 Å². The Kier molecular flexibility index (Phi) is 4.72. The van der Waals surface area contributed by atoms with Crippen LogP contribution >= 0.6 is 0 Å². The number of benzene rings is 2. The fourth-order valence-electron chi connectivity index (χ4n) is 3.04. The average Bonchev–Trinajstić information content (AvgIpc) is 3.11. The molecule has 0 spiro atoms. The molecular formula is C19H13F4N5O2. The second-order valence-electron chi connectivity index (χ2n) is 6.51. The monoisotopic (exact) mass is 419 g/mol. The molecule has 0 radical (unpaired) electrons. The number of hydrogen-bond acceptors (Lipinski definition) is 4. The van der Waals surface area contributed by atoms with Crippen molar-refractivity contribution in [3.63, 3.8) is 0 Å². The number of carbonyl (C=O) groups excluding carboxylic acids is 2. The van der Waals surface area contributed by atoms with Crippen molar-refractivity contribution < 1.29 is 27.2 Å². The van der Waals surface area contributed by atoms with Crippen LogP contribution in [0.3, 0.4) is 0 Å². The molecular weight excluding hydrogens is 406 g/mol. The van der Waals surface area contributed by atoms with Crippen LogP contribution in [0.2, 0.25) is 0 Å². The Balaban J connectivity index is 1.66. The summed E-state index contributed by atoms with van der Waals surface area (Å²) in [4.78, 5) is 28.9. The van der Waals surface area contributed by atoms with E-state index in [4.69, 9.17) is 0 Å². The van der Waals surface area contributed by atoms with Gasteiger partial charge >= 0.3 is 6.18 Å². The van der Waals surface area contributed by atoms with Gasteiger partial charge in [-0.2, -0.15) is 18.2 Å². The predicted octanol–water partition coefficient (Wildman–Crippen LogP) is 3.63. The van der Waals surface area contributed by atoms with Crippen LogP contribution in [-0.2, 0) is 15.8 Å². The van der Waals surface area contributed by atoms with Crippen molar-refractivity contribution in [2.24, 2.45) is 0 Å². The molecule has 0 saturated carbocycles. The zero-order chi connectivity index (χ0) is 21.5. The molecule has 154 valence electrons. The highest BCUT2D eigenvalue weighted by Crippen LogP contribution is 2.35. The van der Waals surface area contributed by atoms with Crippen molar-refractivity contribution in [3.05, 3.63) is 59.9 Å². The molecule has 2 amide bonds. The van der Waals surface area contributed by atoms with E-state index in [2.05, 4.69) is 20.7 Å². The van der Waals surface area contributed by atoms with Crippen molar-refractivity contribution in [1.82, 2.24) is 14.8 Å². The smallest absolute Gasteiger partial charge is 0.324 e. The number of anilines is 2. The summed E-state index contributed by atoms with van der Waals surface area (Å²) in [5.41, 5.74) is -1.00. The lowest BCUT2D eigenvalue weighted by atomic mass is 10.1. The van der Waals surface area contributed by atoms with E-state index < -0.39 is 41.1 Å². The maximum absolute atomic E-state index is 13.2. The van der Waals surface area contributed by atoms with E-state index in [9.17, 15) is 27.2 Å². The van der Waals surface area contributed by atoms with E-state index in [1.807, 2.05) is 0 Å². The van der Waals surface area contributed by atoms with Crippen LogP contribution in [0.1, 0.15) is 18.0 Å². The van der Waals surface area contributed by atoms with E-state index in [-0.39, 0.29) is 18.2 Å². The van der Waals surface area contributed by atoms with Gasteiger partial charge in [0.15, 0.2) is 5.82 Å². The quantitative estimate of drug-likeness (QED) is 0.635. The third-order valence-electron chi connectivity index (χ3n) is 4.45. The predicted molar refractivity (Wildman–Crippen MR) is 97.8 cm³/mol. The van der Waals surface area contributed by atoms with Crippen LogP contribution in [0, 0.1) is 5.82 Å². The number of nitrogens with one attached hydrogen (secondary N) is 2. The highest BCUT2D eigenvalue weighted by molar-refractivity contribution is 6.01. The lowest BCUT2D eigenvalue weighted by Gasteiger charge is -2.23. The summed E-state index contributed by atoms with van der Waals surface area (Å²) in [6.45, 7) is 0. The van der Waals surface area contributed by atoms with Crippen LogP contribution in [0.4, 0.5) is 29.2 Å². The fourth-order valence-corrected chi connectivity index (χ4v) is 3.04. The van der Waals surface area contributed by atoms with Gasteiger partial charge in [0.05, 0.1) is 17.7 Å². The number of nitrogens with zero attached hydrogens (tertiary/aromatic N) is 3. The number of alkyl halides is 3. The lowest BCUT2D eigenvalue weighted by molar-refractivity contribution is -0.137. The number of rotatable bonds is 3. The summed E-state index contributed by atoms with van der Waals surface area (Å²) >= 11 is 0. The summed E-state index contributed by atoms with van der Waals surface area (Å²) in [5.74, 6) is -1.75. The number of halogens is 4. The maximum atomic E-state index is 13.2. The van der Waals surface area contributed by atoms with Gasteiger partial charge in [0.2, 0.25) is 17.8 Å². The molecule has 2 heterocycles. The van der Waals surface area contributed by atoms with Crippen molar-refractivity contribution in [2.75, 3.05) is 10.6 Å². The van der Waals surface area contributed by atoms with Gasteiger partial charge in [-0.05, 0) is 36.4 Å². The summed E-state index contributed by atoms with van der Waals surface area (Å²) in [6.07, 6.45) is -5.00. The Morgan fingerprint density at radius 1 is 1.13 bits per heavy atom. The Morgan fingerprint density at radius 3 is 2.53 bits per heavy atom. The molecule has 30 heavy (non-hydrogen) atoms. The molecule has 0 bridgehead atoms. The zero-order valence-corrected chi connectivity index (χ0v) is 15.1. The van der Waals surface area contributed by atoms with E-state index in [0.29, 0.717) is 5.56 Å². The first kappa shape index (κ1) is 19.6. The third-order valence-corrected chi connectivity index (χ3v) is 4.45. The second kappa shape index (κ2) is 7.25. The summed E-state index contributed by atoms with van der Waals surface area (Å²) in [7, 11) is 0. The highest BCUT2D eigenvalue weighted by atomic mass is 19.4. The summed E-state index contributed by atoms with van der Waals surface area (Å²) in [6, 6.07) is 8.56. The minimum atomic E-state index is -4.66. The standard InChI is InChI=1S/C19H13F4N5O2/c20-11-7-5-10(6-8-11)16-26-18-25-15(29)9-14(28(18)27-16)17(30)24-13-4-2-1-3-12(13)19(21,22)23/h1-8,14H,9H2,(H,24,30)(H,25,26,27,29). The number of amides is 2. The Bertz CT molecular complexity index is 1120. The number of aromatic nitrogens is 3. The van der Waals surface area contributed by atoms with E-state index in [0.717, 1.165) is 16.8 Å². The van der Waals surface area contributed by atoms with Crippen molar-refractivity contribution in [2.45, 2.75) is 18.6 Å². The van der Waals surface area contributed by atoms with Gasteiger partial charge in [-0.15, -0.1) is 5.10 Å². The van der Waals surface area contributed by atoms with Crippen LogP contribution in [0.15, 0.2) is 48.5 Å². The van der Waals surface area contributed by atoms with Gasteiger partial charge in [-0.3, -0.25) is 14.9 Å². The van der Waals surface area contributed by atoms with Gasteiger partial charge < -0.3 is 5.32 Å². The Hall–Kier alpha value is -3.76. The largest absolute Gasteiger partial charge is 0.418 e. The molecule has 1 atom stereocenters. The minimum Gasteiger partial charge on any atom is -0.324 e. The first-order chi connectivity index (χ1) is 14.2. The minimum absolute atomic E-state index is 0.0326. The number of hydrogen-bond donors (Lipinski definition) is 2. The van der Waals surface area contributed by atoms with Gasteiger partial charge in [0.25, 0.3) is 0 Å². The van der Waals surface area contributed by atoms with Crippen LogP contribution < -0.4 is 10.6 Å². The first-order valence-electron chi connectivity index (χ1n) is 8.72. The molecule has 1 unspecified atom stereocenters. The number of para-hydroxylation sites is 1. The zero-order valence-electron chi connectivity index (χ0n) is 15.1. The molecule has 0 saturated heterocycles. The van der Waals surface area contributed by atoms with Gasteiger partial charge in [-0.25, -0.2) is 9.07 Å². The molecule has 0 fully saturated rings. The van der Waals surface area contributed by atoms with Gasteiger partial charge in [0.1, 0.15) is 11.9 Å². The molecule has 2 N–H and O–H groups in total. The van der Waals surface area contributed by atoms with Crippen molar-refractivity contribution >= 4 is 23.5 Å². The second-order valence-corrected chi connectivity index (χ2v) is 6.51. The Labute approximate surface area is 166 Å². The maximum Gasteiger partial charge on any atom is 0.418 e. The summed E-state index contributed by atoms with van der Waals surface area (Å²) in [5, 5.41) is 8.88. The number of fused-ring (bicyclic) bond motifs is 1. The lowest BCUT2D eigenvalue weighted by Crippen LogP contribution is -2.36. The van der Waals surface area contributed by atoms with E-state index in [1.165, 1.54) is 36.4 Å². The number of carbonyl (C=O) groups is 2. The Morgan fingerprint density at radius 2 is 1.83 bits per heavy atom. The average molecular weight is 419 g/mol. The summed E-state index contributed by atoms with van der Waals surface area (Å²) < 4.78 is 53.8. The molecule has 1 aliphatic heterocycles. The molecule has 0 aliphatic carbocycles. The van der Waals surface area contributed by atoms with E-state index >= 15 is 0 Å². The molecule has 4 rings (SSSR count). The topological polar surface area (TPSA) is 88.9 Å². The van der Waals surface area contributed by atoms with Crippen molar-refractivity contribution in [3.8, 4) is 11.4 Å². The molecule has 2 aromatic carbocycles. The molecule has 1 aliphatic rings. The van der Waals surface area contributed by atoms with Gasteiger partial charge in [0, 0.05) is 5.56 Å². The molecule has 1 aromatic heterocycles. The van der Waals surface area contributed by atoms with Crippen molar-refractivity contribution in [1.29, 1.82) is 0 Å². The van der Waals surface area contributed by atoms with E-state index in [1.54, 1.807) is 0 Å².